The lowest BCUT2D eigenvalue weighted by atomic mass is 9.85. The van der Waals surface area contributed by atoms with Gasteiger partial charge in [0.2, 0.25) is 5.91 Å². The lowest BCUT2D eigenvalue weighted by Gasteiger charge is -2.24. The molecular weight excluding hydrogens is 457 g/mol. The third kappa shape index (κ3) is 3.91. The van der Waals surface area contributed by atoms with Crippen LogP contribution < -0.4 is 10.2 Å². The van der Waals surface area contributed by atoms with Gasteiger partial charge in [-0.05, 0) is 65.3 Å². The average Bonchev–Trinajstić information content (AvgIpc) is 2.99. The van der Waals surface area contributed by atoms with Crippen LogP contribution in [-0.4, -0.2) is 33.9 Å². The van der Waals surface area contributed by atoms with E-state index in [2.05, 4.69) is 15.5 Å². The second-order valence-electron chi connectivity index (χ2n) is 9.88. The minimum absolute atomic E-state index is 0.00273. The first kappa shape index (κ1) is 24.9. The number of carbonyl (C=O) groups excluding carboxylic acids is 1. The van der Waals surface area contributed by atoms with Crippen LogP contribution in [0.15, 0.2) is 30.3 Å². The van der Waals surface area contributed by atoms with Crippen LogP contribution in [0.3, 0.4) is 0 Å². The van der Waals surface area contributed by atoms with Crippen LogP contribution in [0.2, 0.25) is 0 Å². The van der Waals surface area contributed by atoms with E-state index < -0.39 is 35.4 Å². The van der Waals surface area contributed by atoms with E-state index in [4.69, 9.17) is 5.11 Å². The van der Waals surface area contributed by atoms with Gasteiger partial charge in [0, 0.05) is 28.1 Å². The molecule has 6 nitrogen and oxygen atoms in total. The van der Waals surface area contributed by atoms with Crippen molar-refractivity contribution in [2.45, 2.75) is 65.0 Å². The third-order valence-corrected chi connectivity index (χ3v) is 6.72. The van der Waals surface area contributed by atoms with E-state index in [1.165, 1.54) is 12.1 Å². The van der Waals surface area contributed by atoms with Crippen LogP contribution in [-0.2, 0) is 16.1 Å². The first-order valence-electron chi connectivity index (χ1n) is 11.5. The van der Waals surface area contributed by atoms with Crippen LogP contribution in [0.5, 0.6) is 0 Å². The highest BCUT2D eigenvalue weighted by atomic mass is 19.3. The fourth-order valence-electron chi connectivity index (χ4n) is 4.70. The summed E-state index contributed by atoms with van der Waals surface area (Å²) in [6.07, 6.45) is 0. The molecule has 0 radical (unpaired) electrons. The van der Waals surface area contributed by atoms with Crippen LogP contribution in [0, 0.1) is 12.7 Å². The van der Waals surface area contributed by atoms with Crippen molar-refractivity contribution in [1.29, 1.82) is 0 Å². The number of benzene rings is 2. The van der Waals surface area contributed by atoms with E-state index in [0.29, 0.717) is 16.9 Å². The number of aryl methyl sites for hydroxylation is 1. The van der Waals surface area contributed by atoms with Crippen molar-refractivity contribution in [3.63, 3.8) is 0 Å². The Morgan fingerprint density at radius 3 is 2.46 bits per heavy atom. The van der Waals surface area contributed by atoms with Crippen molar-refractivity contribution in [2.75, 3.05) is 16.8 Å². The molecule has 1 aliphatic heterocycles. The van der Waals surface area contributed by atoms with E-state index in [0.717, 1.165) is 22.7 Å². The number of nitrogens with zero attached hydrogens (tertiary/aromatic N) is 3. The molecular formula is C26H29F3N4O2. The van der Waals surface area contributed by atoms with Crippen molar-refractivity contribution >= 4 is 28.2 Å². The lowest BCUT2D eigenvalue weighted by Crippen LogP contribution is -2.40. The molecule has 1 aliphatic rings. The Morgan fingerprint density at radius 2 is 1.83 bits per heavy atom. The smallest absolute Gasteiger partial charge is 0.298 e. The molecule has 186 valence electrons. The van der Waals surface area contributed by atoms with Gasteiger partial charge >= 0.3 is 0 Å². The number of hydrogen-bond donors (Lipinski definition) is 2. The zero-order valence-corrected chi connectivity index (χ0v) is 20.6. The molecule has 2 heterocycles. The molecule has 1 aromatic heterocycles. The first-order chi connectivity index (χ1) is 16.3. The SMILES string of the molecule is Cc1nnc(N[C@H](C)c2cccc(C(F)(F)CO)c2F)c2cc3c(cc12)C(C)(C)C(=O)N3C(C)C. The number of aliphatic hydroxyl groups excluding tert-OH is 1. The molecule has 9 heteroatoms. The molecule has 0 aliphatic carbocycles. The van der Waals surface area contributed by atoms with Gasteiger partial charge in [-0.2, -0.15) is 13.9 Å². The molecule has 0 saturated heterocycles. The number of halogens is 3. The quantitative estimate of drug-likeness (QED) is 0.490. The van der Waals surface area contributed by atoms with Gasteiger partial charge in [-0.15, -0.1) is 5.10 Å². The molecule has 1 amide bonds. The maximum atomic E-state index is 15.0. The summed E-state index contributed by atoms with van der Waals surface area (Å²) in [6.45, 7) is 9.64. The fraction of sp³-hybridized carbons (Fsp3) is 0.423. The van der Waals surface area contributed by atoms with Crippen molar-refractivity contribution in [1.82, 2.24) is 10.2 Å². The highest BCUT2D eigenvalue weighted by molar-refractivity contribution is 6.11. The van der Waals surface area contributed by atoms with Gasteiger partial charge in [-0.3, -0.25) is 4.79 Å². The number of amides is 1. The van der Waals surface area contributed by atoms with Gasteiger partial charge in [0.15, 0.2) is 5.82 Å². The monoisotopic (exact) mass is 486 g/mol. The number of aliphatic hydroxyl groups is 1. The molecule has 0 fully saturated rings. The molecule has 3 aromatic rings. The second kappa shape index (κ2) is 8.48. The summed E-state index contributed by atoms with van der Waals surface area (Å²) in [6, 6.07) is 6.75. The Balaban J connectivity index is 1.82. The highest BCUT2D eigenvalue weighted by Gasteiger charge is 2.45. The molecule has 0 unspecified atom stereocenters. The standard InChI is InChI=1S/C26H29F3N4O2/c1-13(2)33-21-11-18-17(10-20(21)25(5,6)24(33)35)15(4)31-32-23(18)30-14(3)16-8-7-9-19(22(16)27)26(28,29)12-34/h7-11,13-14,34H,12H2,1-6H3,(H,30,32)/t14-/m1/s1. The summed E-state index contributed by atoms with van der Waals surface area (Å²) >= 11 is 0. The van der Waals surface area contributed by atoms with E-state index in [1.807, 2.05) is 46.8 Å². The van der Waals surface area contributed by atoms with Crippen molar-refractivity contribution in [3.8, 4) is 0 Å². The number of nitrogens with one attached hydrogen (secondary N) is 1. The second-order valence-corrected chi connectivity index (χ2v) is 9.88. The third-order valence-electron chi connectivity index (χ3n) is 6.72. The summed E-state index contributed by atoms with van der Waals surface area (Å²) in [5, 5.41) is 22.1. The Kier molecular flexibility index (Phi) is 6.03. The number of alkyl halides is 2. The lowest BCUT2D eigenvalue weighted by molar-refractivity contribution is -0.122. The summed E-state index contributed by atoms with van der Waals surface area (Å²) in [5.41, 5.74) is 0.782. The van der Waals surface area contributed by atoms with Crippen LogP contribution >= 0.6 is 0 Å². The Bertz CT molecular complexity index is 1320. The number of aromatic nitrogens is 2. The molecule has 35 heavy (non-hydrogen) atoms. The van der Waals surface area contributed by atoms with Gasteiger partial charge in [0.25, 0.3) is 5.92 Å². The Labute approximate surface area is 202 Å². The Hall–Kier alpha value is -3.20. The number of hydrogen-bond acceptors (Lipinski definition) is 5. The number of carbonyl (C=O) groups is 1. The van der Waals surface area contributed by atoms with E-state index >= 15 is 4.39 Å². The average molecular weight is 487 g/mol. The molecule has 2 aromatic carbocycles. The highest BCUT2D eigenvalue weighted by Crippen LogP contribution is 2.46. The van der Waals surface area contributed by atoms with Crippen LogP contribution in [0.4, 0.5) is 24.7 Å². The molecule has 0 bridgehead atoms. The fourth-order valence-corrected chi connectivity index (χ4v) is 4.70. The van der Waals surface area contributed by atoms with E-state index in [9.17, 15) is 13.6 Å². The first-order valence-corrected chi connectivity index (χ1v) is 11.5. The van der Waals surface area contributed by atoms with Gasteiger partial charge in [0.1, 0.15) is 12.4 Å². The predicted molar refractivity (Wildman–Crippen MR) is 129 cm³/mol. The molecule has 4 rings (SSSR count). The maximum Gasteiger partial charge on any atom is 0.298 e. The van der Waals surface area contributed by atoms with Crippen LogP contribution in [0.1, 0.15) is 63.0 Å². The van der Waals surface area contributed by atoms with E-state index in [1.54, 1.807) is 11.8 Å². The van der Waals surface area contributed by atoms with Gasteiger partial charge in [-0.25, -0.2) is 4.39 Å². The summed E-state index contributed by atoms with van der Waals surface area (Å²) in [7, 11) is 0. The number of anilines is 2. The molecule has 1 atom stereocenters. The van der Waals surface area contributed by atoms with Gasteiger partial charge in [-0.1, -0.05) is 12.1 Å². The molecule has 2 N–H and O–H groups in total. The van der Waals surface area contributed by atoms with Crippen molar-refractivity contribution in [3.05, 3.63) is 58.5 Å². The molecule has 0 spiro atoms. The minimum Gasteiger partial charge on any atom is -0.390 e. The summed E-state index contributed by atoms with van der Waals surface area (Å²) < 4.78 is 43.1. The zero-order valence-electron chi connectivity index (χ0n) is 20.6. The topological polar surface area (TPSA) is 78.4 Å². The zero-order chi connectivity index (χ0) is 25.9. The largest absolute Gasteiger partial charge is 0.390 e. The van der Waals surface area contributed by atoms with Gasteiger partial charge in [0.05, 0.1) is 22.7 Å². The van der Waals surface area contributed by atoms with Gasteiger partial charge < -0.3 is 15.3 Å². The van der Waals surface area contributed by atoms with Crippen molar-refractivity contribution < 1.29 is 23.1 Å². The summed E-state index contributed by atoms with van der Waals surface area (Å²) in [4.78, 5) is 14.9. The van der Waals surface area contributed by atoms with Crippen LogP contribution in [0.25, 0.3) is 10.8 Å². The number of fused-ring (bicyclic) bond motifs is 2. The summed E-state index contributed by atoms with van der Waals surface area (Å²) in [5.74, 6) is -4.44. The Morgan fingerprint density at radius 1 is 1.14 bits per heavy atom. The molecule has 0 saturated carbocycles. The van der Waals surface area contributed by atoms with Crippen molar-refractivity contribution in [2.24, 2.45) is 0 Å². The normalized spacial score (nSPS) is 16.2. The minimum atomic E-state index is -3.70. The maximum absolute atomic E-state index is 15.0. The predicted octanol–water partition coefficient (Wildman–Crippen LogP) is 5.37. The van der Waals surface area contributed by atoms with E-state index in [-0.39, 0.29) is 17.5 Å². The number of rotatable bonds is 6.